The van der Waals surface area contributed by atoms with Crippen molar-refractivity contribution in [3.05, 3.63) is 32.7 Å². The summed E-state index contributed by atoms with van der Waals surface area (Å²) in [5.41, 5.74) is 0.642. The smallest absolute Gasteiger partial charge is 0.303 e. The molecule has 1 N–H and O–H groups in total. The number of aliphatic carboxylic acids is 1. The highest BCUT2D eigenvalue weighted by Crippen LogP contribution is 2.26. The zero-order chi connectivity index (χ0) is 15.4. The first kappa shape index (κ1) is 16.5. The number of likely N-dealkylation sites (tertiary alicyclic amines) is 1. The fourth-order valence-electron chi connectivity index (χ4n) is 2.64. The fraction of sp³-hybridized carbons (Fsp3) is 0.467. The first-order valence-corrected chi connectivity index (χ1v) is 8.52. The lowest BCUT2D eigenvalue weighted by atomic mass is 9.93. The van der Waals surface area contributed by atoms with Crippen molar-refractivity contribution in [1.82, 2.24) is 4.90 Å². The van der Waals surface area contributed by atoms with E-state index in [0.29, 0.717) is 18.5 Å². The van der Waals surface area contributed by atoms with E-state index in [2.05, 4.69) is 31.9 Å². The lowest BCUT2D eigenvalue weighted by Gasteiger charge is -2.33. The summed E-state index contributed by atoms with van der Waals surface area (Å²) in [6.45, 7) is 1.38. The van der Waals surface area contributed by atoms with E-state index >= 15 is 0 Å². The van der Waals surface area contributed by atoms with Crippen LogP contribution in [0.1, 0.15) is 36.0 Å². The number of hydrogen-bond acceptors (Lipinski definition) is 2. The number of carbonyl (C=O) groups excluding carboxylic acids is 1. The molecule has 1 saturated heterocycles. The molecular weight excluding hydrogens is 402 g/mol. The van der Waals surface area contributed by atoms with Crippen LogP contribution in [0.4, 0.5) is 0 Å². The maximum Gasteiger partial charge on any atom is 0.303 e. The lowest BCUT2D eigenvalue weighted by molar-refractivity contribution is -0.137. The number of benzene rings is 1. The predicted molar refractivity (Wildman–Crippen MR) is 87.3 cm³/mol. The molecule has 2 rings (SSSR count). The number of halogens is 2. The zero-order valence-electron chi connectivity index (χ0n) is 11.5. The summed E-state index contributed by atoms with van der Waals surface area (Å²) >= 11 is 6.80. The minimum Gasteiger partial charge on any atom is -0.481 e. The van der Waals surface area contributed by atoms with Gasteiger partial charge in [0.1, 0.15) is 0 Å². The van der Waals surface area contributed by atoms with Gasteiger partial charge < -0.3 is 10.0 Å². The first-order valence-electron chi connectivity index (χ1n) is 6.93. The molecule has 21 heavy (non-hydrogen) atoms. The Balaban J connectivity index is 2.05. The van der Waals surface area contributed by atoms with E-state index in [-0.39, 0.29) is 18.2 Å². The van der Waals surface area contributed by atoms with Crippen LogP contribution in [0.15, 0.2) is 27.1 Å². The van der Waals surface area contributed by atoms with Gasteiger partial charge in [-0.25, -0.2) is 0 Å². The Hall–Kier alpha value is -0.880. The Morgan fingerprint density at radius 2 is 2.10 bits per heavy atom. The van der Waals surface area contributed by atoms with Crippen molar-refractivity contribution >= 4 is 43.7 Å². The number of nitrogens with zero attached hydrogens (tertiary/aromatic N) is 1. The number of hydrogen-bond donors (Lipinski definition) is 1. The normalized spacial score (nSPS) is 18.6. The van der Waals surface area contributed by atoms with Gasteiger partial charge in [-0.1, -0.05) is 15.9 Å². The minimum absolute atomic E-state index is 0.00296. The summed E-state index contributed by atoms with van der Waals surface area (Å²) < 4.78 is 1.65. The number of carboxylic acid groups (broad SMARTS) is 1. The number of carboxylic acids is 1. The van der Waals surface area contributed by atoms with E-state index < -0.39 is 5.97 Å². The van der Waals surface area contributed by atoms with Crippen LogP contribution >= 0.6 is 31.9 Å². The third-order valence-electron chi connectivity index (χ3n) is 3.73. The molecule has 1 aromatic rings. The third kappa shape index (κ3) is 4.54. The molecule has 0 aliphatic carbocycles. The molecule has 1 amide bonds. The molecule has 0 radical (unpaired) electrons. The number of carbonyl (C=O) groups is 2. The van der Waals surface area contributed by atoms with Gasteiger partial charge in [-0.3, -0.25) is 9.59 Å². The van der Waals surface area contributed by atoms with Crippen LogP contribution in [-0.4, -0.2) is 35.0 Å². The minimum atomic E-state index is -0.770. The van der Waals surface area contributed by atoms with Crippen molar-refractivity contribution in [1.29, 1.82) is 0 Å². The van der Waals surface area contributed by atoms with Crippen molar-refractivity contribution in [3.8, 4) is 0 Å². The van der Waals surface area contributed by atoms with Gasteiger partial charge in [-0.2, -0.15) is 0 Å². The molecule has 1 fully saturated rings. The Morgan fingerprint density at radius 3 is 2.81 bits per heavy atom. The molecular formula is C15H17Br2NO3. The number of amides is 1. The standard InChI is InChI=1S/C15H17Br2NO3/c16-11-4-5-13(17)12(8-11)15(21)18-7-1-2-10(9-18)3-6-14(19)20/h4-5,8,10H,1-3,6-7,9H2,(H,19,20). The number of rotatable bonds is 4. The molecule has 0 aromatic heterocycles. The second-order valence-electron chi connectivity index (χ2n) is 5.32. The van der Waals surface area contributed by atoms with Crippen LogP contribution in [-0.2, 0) is 4.79 Å². The van der Waals surface area contributed by atoms with Crippen LogP contribution < -0.4 is 0 Å². The quantitative estimate of drug-likeness (QED) is 0.805. The maximum atomic E-state index is 12.6. The van der Waals surface area contributed by atoms with Gasteiger partial charge >= 0.3 is 5.97 Å². The average Bonchev–Trinajstić information content (AvgIpc) is 2.47. The Labute approximate surface area is 140 Å². The van der Waals surface area contributed by atoms with Crippen molar-refractivity contribution in [2.24, 2.45) is 5.92 Å². The maximum absolute atomic E-state index is 12.6. The molecule has 0 spiro atoms. The molecule has 1 aliphatic rings. The van der Waals surface area contributed by atoms with Crippen LogP contribution in [0, 0.1) is 5.92 Å². The molecule has 1 heterocycles. The molecule has 1 unspecified atom stereocenters. The van der Waals surface area contributed by atoms with Gasteiger partial charge in [-0.05, 0) is 59.3 Å². The second kappa shape index (κ2) is 7.40. The van der Waals surface area contributed by atoms with Gasteiger partial charge in [0.2, 0.25) is 0 Å². The molecule has 6 heteroatoms. The van der Waals surface area contributed by atoms with Gasteiger partial charge in [0.15, 0.2) is 0 Å². The van der Waals surface area contributed by atoms with Crippen LogP contribution in [0.25, 0.3) is 0 Å². The Kier molecular flexibility index (Phi) is 5.81. The van der Waals surface area contributed by atoms with Crippen molar-refractivity contribution in [2.75, 3.05) is 13.1 Å². The summed E-state index contributed by atoms with van der Waals surface area (Å²) in [7, 11) is 0. The van der Waals surface area contributed by atoms with E-state index in [1.165, 1.54) is 0 Å². The topological polar surface area (TPSA) is 57.6 Å². The summed E-state index contributed by atoms with van der Waals surface area (Å²) in [6, 6.07) is 5.54. The SMILES string of the molecule is O=C(O)CCC1CCCN(C(=O)c2cc(Br)ccc2Br)C1. The monoisotopic (exact) mass is 417 g/mol. The third-order valence-corrected chi connectivity index (χ3v) is 4.92. The predicted octanol–water partition coefficient (Wildman–Crippen LogP) is 3.93. The highest BCUT2D eigenvalue weighted by atomic mass is 79.9. The largest absolute Gasteiger partial charge is 0.481 e. The van der Waals surface area contributed by atoms with Crippen molar-refractivity contribution in [2.45, 2.75) is 25.7 Å². The molecule has 114 valence electrons. The van der Waals surface area contributed by atoms with Gasteiger partial charge in [-0.15, -0.1) is 0 Å². The Morgan fingerprint density at radius 1 is 1.33 bits per heavy atom. The van der Waals surface area contributed by atoms with E-state index in [9.17, 15) is 9.59 Å². The van der Waals surface area contributed by atoms with Crippen LogP contribution in [0.2, 0.25) is 0 Å². The molecule has 1 aromatic carbocycles. The zero-order valence-corrected chi connectivity index (χ0v) is 14.7. The Bertz CT molecular complexity index is 548. The lowest BCUT2D eigenvalue weighted by Crippen LogP contribution is -2.40. The van der Waals surface area contributed by atoms with Gasteiger partial charge in [0, 0.05) is 28.5 Å². The van der Waals surface area contributed by atoms with E-state index in [4.69, 9.17) is 5.11 Å². The number of piperidine rings is 1. The van der Waals surface area contributed by atoms with Crippen LogP contribution in [0.5, 0.6) is 0 Å². The van der Waals surface area contributed by atoms with E-state index in [1.54, 1.807) is 0 Å². The van der Waals surface area contributed by atoms with Gasteiger partial charge in [0.25, 0.3) is 5.91 Å². The van der Waals surface area contributed by atoms with Gasteiger partial charge in [0.05, 0.1) is 5.56 Å². The van der Waals surface area contributed by atoms with E-state index in [0.717, 1.165) is 28.3 Å². The molecule has 1 atom stereocenters. The first-order chi connectivity index (χ1) is 9.97. The molecule has 1 aliphatic heterocycles. The summed E-state index contributed by atoms with van der Waals surface area (Å²) in [4.78, 5) is 25.1. The summed E-state index contributed by atoms with van der Waals surface area (Å²) in [5, 5.41) is 8.77. The van der Waals surface area contributed by atoms with Crippen molar-refractivity contribution in [3.63, 3.8) is 0 Å². The highest BCUT2D eigenvalue weighted by Gasteiger charge is 2.25. The summed E-state index contributed by atoms with van der Waals surface area (Å²) in [5.74, 6) is -0.485. The second-order valence-corrected chi connectivity index (χ2v) is 7.09. The highest BCUT2D eigenvalue weighted by molar-refractivity contribution is 9.11. The fourth-order valence-corrected chi connectivity index (χ4v) is 3.42. The molecule has 0 bridgehead atoms. The van der Waals surface area contributed by atoms with E-state index in [1.807, 2.05) is 23.1 Å². The van der Waals surface area contributed by atoms with Crippen molar-refractivity contribution < 1.29 is 14.7 Å². The summed E-state index contributed by atoms with van der Waals surface area (Å²) in [6.07, 6.45) is 2.74. The molecule has 0 saturated carbocycles. The van der Waals surface area contributed by atoms with Crippen LogP contribution in [0.3, 0.4) is 0 Å². The molecule has 4 nitrogen and oxygen atoms in total. The average molecular weight is 419 g/mol.